The lowest BCUT2D eigenvalue weighted by molar-refractivity contribution is 0.145. The molecule has 3 rings (SSSR count). The molecule has 0 unspecified atom stereocenters. The predicted octanol–water partition coefficient (Wildman–Crippen LogP) is 0.623. The van der Waals surface area contributed by atoms with Crippen LogP contribution in [0.3, 0.4) is 0 Å². The molecule has 1 fully saturated rings. The van der Waals surface area contributed by atoms with Gasteiger partial charge < -0.3 is 10.0 Å². The number of nitrogens with zero attached hydrogens (tertiary/aromatic N) is 5. The molecule has 18 heavy (non-hydrogen) atoms. The van der Waals surface area contributed by atoms with Crippen molar-refractivity contribution in [2.75, 3.05) is 18.0 Å². The molecule has 1 saturated heterocycles. The summed E-state index contributed by atoms with van der Waals surface area (Å²) in [4.78, 5) is 2.11. The maximum atomic E-state index is 9.53. The van der Waals surface area contributed by atoms with Gasteiger partial charge in [0, 0.05) is 13.1 Å². The molecule has 0 aliphatic carbocycles. The summed E-state index contributed by atoms with van der Waals surface area (Å²) >= 11 is 0. The molecule has 94 valence electrons. The van der Waals surface area contributed by atoms with E-state index in [-0.39, 0.29) is 6.10 Å². The van der Waals surface area contributed by atoms with E-state index in [2.05, 4.69) is 20.4 Å². The summed E-state index contributed by atoms with van der Waals surface area (Å²) in [7, 11) is 0. The van der Waals surface area contributed by atoms with Crippen LogP contribution >= 0.6 is 0 Å². The standard InChI is InChI=1S/C12H15N5O/c18-11-6-8-16(9-7-11)12-13-14-15-17(12)10-4-2-1-3-5-10/h1-5,11,18H,6-9H2. The van der Waals surface area contributed by atoms with Crippen molar-refractivity contribution < 1.29 is 5.11 Å². The molecule has 1 aromatic heterocycles. The predicted molar refractivity (Wildman–Crippen MR) is 66.6 cm³/mol. The summed E-state index contributed by atoms with van der Waals surface area (Å²) in [5.74, 6) is 0.744. The zero-order valence-corrected chi connectivity index (χ0v) is 9.98. The molecule has 0 atom stereocenters. The van der Waals surface area contributed by atoms with Gasteiger partial charge in [0.1, 0.15) is 0 Å². The van der Waals surface area contributed by atoms with Crippen molar-refractivity contribution in [3.05, 3.63) is 30.3 Å². The van der Waals surface area contributed by atoms with Crippen LogP contribution in [0.2, 0.25) is 0 Å². The van der Waals surface area contributed by atoms with Crippen molar-refractivity contribution in [3.8, 4) is 5.69 Å². The second-order valence-corrected chi connectivity index (χ2v) is 4.44. The number of benzene rings is 1. The van der Waals surface area contributed by atoms with Crippen LogP contribution in [0.1, 0.15) is 12.8 Å². The molecule has 6 heteroatoms. The van der Waals surface area contributed by atoms with E-state index in [1.807, 2.05) is 30.3 Å². The van der Waals surface area contributed by atoms with Crippen LogP contribution in [0, 0.1) is 0 Å². The molecular weight excluding hydrogens is 230 g/mol. The molecule has 1 aliphatic rings. The smallest absolute Gasteiger partial charge is 0.250 e. The van der Waals surface area contributed by atoms with Gasteiger partial charge in [0.15, 0.2) is 0 Å². The molecule has 6 nitrogen and oxygen atoms in total. The zero-order chi connectivity index (χ0) is 12.4. The zero-order valence-electron chi connectivity index (χ0n) is 9.98. The van der Waals surface area contributed by atoms with Gasteiger partial charge in [-0.25, -0.2) is 0 Å². The summed E-state index contributed by atoms with van der Waals surface area (Å²) in [6, 6.07) is 9.82. The number of hydrogen-bond acceptors (Lipinski definition) is 5. The summed E-state index contributed by atoms with van der Waals surface area (Å²) in [6.07, 6.45) is 1.34. The van der Waals surface area contributed by atoms with E-state index in [9.17, 15) is 5.11 Å². The molecule has 0 spiro atoms. The first-order valence-corrected chi connectivity index (χ1v) is 6.11. The Labute approximate surface area is 105 Å². The van der Waals surface area contributed by atoms with Crippen molar-refractivity contribution in [2.24, 2.45) is 0 Å². The SMILES string of the molecule is OC1CCN(c2nnnn2-c2ccccc2)CC1. The van der Waals surface area contributed by atoms with Crippen LogP contribution in [0.4, 0.5) is 5.95 Å². The van der Waals surface area contributed by atoms with Gasteiger partial charge in [-0.15, -0.1) is 0 Å². The minimum absolute atomic E-state index is 0.192. The number of anilines is 1. The van der Waals surface area contributed by atoms with Crippen LogP contribution in [0.25, 0.3) is 5.69 Å². The van der Waals surface area contributed by atoms with Gasteiger partial charge >= 0.3 is 0 Å². The fourth-order valence-electron chi connectivity index (χ4n) is 2.18. The normalized spacial score (nSPS) is 17.1. The van der Waals surface area contributed by atoms with E-state index in [0.717, 1.165) is 37.6 Å². The fraction of sp³-hybridized carbons (Fsp3) is 0.417. The van der Waals surface area contributed by atoms with Crippen LogP contribution in [0.15, 0.2) is 30.3 Å². The number of para-hydroxylation sites is 1. The maximum Gasteiger partial charge on any atom is 0.250 e. The minimum atomic E-state index is -0.192. The Morgan fingerprint density at radius 3 is 2.56 bits per heavy atom. The van der Waals surface area contributed by atoms with Gasteiger partial charge in [0.05, 0.1) is 11.8 Å². The van der Waals surface area contributed by atoms with E-state index in [0.29, 0.717) is 0 Å². The van der Waals surface area contributed by atoms with Crippen LogP contribution in [0.5, 0.6) is 0 Å². The number of piperidine rings is 1. The quantitative estimate of drug-likeness (QED) is 0.840. The first-order valence-electron chi connectivity index (χ1n) is 6.11. The molecule has 0 radical (unpaired) electrons. The van der Waals surface area contributed by atoms with Gasteiger partial charge in [-0.3, -0.25) is 0 Å². The van der Waals surface area contributed by atoms with E-state index >= 15 is 0 Å². The highest BCUT2D eigenvalue weighted by atomic mass is 16.3. The Balaban J connectivity index is 1.88. The Morgan fingerprint density at radius 2 is 1.83 bits per heavy atom. The molecule has 1 aromatic carbocycles. The van der Waals surface area contributed by atoms with Gasteiger partial charge in [-0.05, 0) is 35.4 Å². The Kier molecular flexibility index (Phi) is 2.93. The highest BCUT2D eigenvalue weighted by Crippen LogP contribution is 2.19. The van der Waals surface area contributed by atoms with Gasteiger partial charge in [-0.2, -0.15) is 4.68 Å². The number of rotatable bonds is 2. The number of aliphatic hydroxyl groups excluding tert-OH is 1. The average Bonchev–Trinajstić information content (AvgIpc) is 2.90. The number of tetrazole rings is 1. The van der Waals surface area contributed by atoms with Crippen molar-refractivity contribution in [1.82, 2.24) is 20.2 Å². The largest absolute Gasteiger partial charge is 0.393 e. The topological polar surface area (TPSA) is 67.1 Å². The lowest BCUT2D eigenvalue weighted by Crippen LogP contribution is -2.37. The monoisotopic (exact) mass is 245 g/mol. The van der Waals surface area contributed by atoms with Crippen molar-refractivity contribution in [3.63, 3.8) is 0 Å². The second-order valence-electron chi connectivity index (χ2n) is 4.44. The van der Waals surface area contributed by atoms with Crippen molar-refractivity contribution in [2.45, 2.75) is 18.9 Å². The fourth-order valence-corrected chi connectivity index (χ4v) is 2.18. The Morgan fingerprint density at radius 1 is 1.11 bits per heavy atom. The highest BCUT2D eigenvalue weighted by molar-refractivity contribution is 5.40. The molecule has 0 amide bonds. The van der Waals surface area contributed by atoms with E-state index in [4.69, 9.17) is 0 Å². The second kappa shape index (κ2) is 4.73. The van der Waals surface area contributed by atoms with Gasteiger partial charge in [-0.1, -0.05) is 23.3 Å². The summed E-state index contributed by atoms with van der Waals surface area (Å²) < 4.78 is 1.73. The van der Waals surface area contributed by atoms with Crippen molar-refractivity contribution >= 4 is 5.95 Å². The van der Waals surface area contributed by atoms with Crippen LogP contribution < -0.4 is 4.90 Å². The summed E-state index contributed by atoms with van der Waals surface area (Å²) in [5, 5.41) is 21.4. The molecular formula is C12H15N5O. The maximum absolute atomic E-state index is 9.53. The highest BCUT2D eigenvalue weighted by Gasteiger charge is 2.22. The summed E-state index contributed by atoms with van der Waals surface area (Å²) in [5.41, 5.74) is 0.948. The molecule has 1 aliphatic heterocycles. The Hall–Kier alpha value is -1.95. The molecule has 0 bridgehead atoms. The van der Waals surface area contributed by atoms with Gasteiger partial charge in [0.2, 0.25) is 5.95 Å². The minimum Gasteiger partial charge on any atom is -0.393 e. The number of aromatic nitrogens is 4. The number of hydrogen-bond donors (Lipinski definition) is 1. The third kappa shape index (κ3) is 2.06. The molecule has 0 saturated carbocycles. The first kappa shape index (κ1) is 11.2. The van der Waals surface area contributed by atoms with Crippen LogP contribution in [-0.4, -0.2) is 44.5 Å². The molecule has 2 aromatic rings. The third-order valence-electron chi connectivity index (χ3n) is 3.20. The third-order valence-corrected chi connectivity index (χ3v) is 3.20. The lowest BCUT2D eigenvalue weighted by atomic mass is 10.1. The van der Waals surface area contributed by atoms with Gasteiger partial charge in [0.25, 0.3) is 0 Å². The molecule has 1 N–H and O–H groups in total. The lowest BCUT2D eigenvalue weighted by Gasteiger charge is -2.29. The van der Waals surface area contributed by atoms with E-state index < -0.39 is 0 Å². The average molecular weight is 245 g/mol. The van der Waals surface area contributed by atoms with Crippen molar-refractivity contribution in [1.29, 1.82) is 0 Å². The first-order chi connectivity index (χ1) is 8.84. The van der Waals surface area contributed by atoms with E-state index in [1.165, 1.54) is 0 Å². The Bertz CT molecular complexity index is 504. The number of aliphatic hydroxyl groups is 1. The summed E-state index contributed by atoms with van der Waals surface area (Å²) in [6.45, 7) is 1.57. The van der Waals surface area contributed by atoms with Crippen LogP contribution in [-0.2, 0) is 0 Å². The molecule has 2 heterocycles. The van der Waals surface area contributed by atoms with E-state index in [1.54, 1.807) is 4.68 Å².